The molecule has 2 aliphatic rings. The predicted octanol–water partition coefficient (Wildman–Crippen LogP) is 3.48. The minimum Gasteiger partial charge on any atom is -0.376 e. The molecule has 30 heavy (non-hydrogen) atoms. The highest BCUT2D eigenvalue weighted by atomic mass is 32.1. The molecule has 0 radical (unpaired) electrons. The van der Waals surface area contributed by atoms with Crippen LogP contribution in [0.25, 0.3) is 0 Å². The van der Waals surface area contributed by atoms with Gasteiger partial charge in [0.25, 0.3) is 0 Å². The lowest BCUT2D eigenvalue weighted by molar-refractivity contribution is 0.0834. The van der Waals surface area contributed by atoms with Crippen molar-refractivity contribution in [3.05, 3.63) is 84.2 Å². The summed E-state index contributed by atoms with van der Waals surface area (Å²) in [7, 11) is 0. The van der Waals surface area contributed by atoms with Crippen molar-refractivity contribution in [1.29, 1.82) is 0 Å². The third-order valence-electron chi connectivity index (χ3n) is 5.85. The molecule has 0 aliphatic carbocycles. The van der Waals surface area contributed by atoms with Gasteiger partial charge in [-0.25, -0.2) is 0 Å². The van der Waals surface area contributed by atoms with Crippen molar-refractivity contribution in [1.82, 2.24) is 24.8 Å². The molecule has 3 aromatic heterocycles. The lowest BCUT2D eigenvalue weighted by atomic mass is 10.0. The quantitative estimate of drug-likeness (QED) is 0.618. The maximum Gasteiger partial charge on any atom is 0.170 e. The Morgan fingerprint density at radius 1 is 1.07 bits per heavy atom. The van der Waals surface area contributed by atoms with Crippen molar-refractivity contribution in [2.75, 3.05) is 13.2 Å². The van der Waals surface area contributed by atoms with E-state index in [0.29, 0.717) is 0 Å². The van der Waals surface area contributed by atoms with Gasteiger partial charge < -0.3 is 19.5 Å². The van der Waals surface area contributed by atoms with Gasteiger partial charge >= 0.3 is 0 Å². The van der Waals surface area contributed by atoms with E-state index < -0.39 is 0 Å². The third kappa shape index (κ3) is 3.82. The number of aromatic nitrogens is 3. The first-order chi connectivity index (χ1) is 14.8. The van der Waals surface area contributed by atoms with Crippen LogP contribution in [-0.4, -0.2) is 43.8 Å². The van der Waals surface area contributed by atoms with Crippen molar-refractivity contribution >= 4 is 17.3 Å². The maximum absolute atomic E-state index is 5.93. The van der Waals surface area contributed by atoms with Gasteiger partial charge in [0, 0.05) is 37.4 Å². The molecule has 5 rings (SSSR count). The normalized spacial score (nSPS) is 23.7. The average molecular weight is 420 g/mol. The van der Waals surface area contributed by atoms with Crippen LogP contribution in [0.5, 0.6) is 0 Å². The molecule has 2 saturated heterocycles. The summed E-state index contributed by atoms with van der Waals surface area (Å²) in [5.74, 6) is 0. The molecule has 7 heteroatoms. The minimum atomic E-state index is -0.0162. The molecule has 0 saturated carbocycles. The molecule has 0 unspecified atom stereocenters. The van der Waals surface area contributed by atoms with E-state index >= 15 is 0 Å². The van der Waals surface area contributed by atoms with Crippen LogP contribution < -0.4 is 5.32 Å². The monoisotopic (exact) mass is 419 g/mol. The Morgan fingerprint density at radius 2 is 1.93 bits per heavy atom. The van der Waals surface area contributed by atoms with Gasteiger partial charge in [0.05, 0.1) is 36.1 Å². The molecule has 3 atom stereocenters. The Labute approximate surface area is 181 Å². The summed E-state index contributed by atoms with van der Waals surface area (Å²) in [5, 5.41) is 4.29. The van der Waals surface area contributed by atoms with Gasteiger partial charge in [0.2, 0.25) is 0 Å². The van der Waals surface area contributed by atoms with Gasteiger partial charge in [-0.2, -0.15) is 0 Å². The van der Waals surface area contributed by atoms with E-state index in [9.17, 15) is 0 Å². The zero-order chi connectivity index (χ0) is 20.3. The van der Waals surface area contributed by atoms with E-state index in [1.54, 1.807) is 0 Å². The third-order valence-corrected chi connectivity index (χ3v) is 6.20. The highest BCUT2D eigenvalue weighted by molar-refractivity contribution is 7.80. The molecule has 6 nitrogen and oxygen atoms in total. The van der Waals surface area contributed by atoms with Crippen LogP contribution in [0.2, 0.25) is 0 Å². The molecular weight excluding hydrogens is 394 g/mol. The van der Waals surface area contributed by atoms with E-state index in [2.05, 4.69) is 55.2 Å². The summed E-state index contributed by atoms with van der Waals surface area (Å²) in [5.41, 5.74) is 3.22. The summed E-state index contributed by atoms with van der Waals surface area (Å²) < 4.78 is 8.20. The molecule has 3 aromatic rings. The van der Waals surface area contributed by atoms with Gasteiger partial charge in [-0.15, -0.1) is 0 Å². The first-order valence-corrected chi connectivity index (χ1v) is 10.8. The van der Waals surface area contributed by atoms with Crippen LogP contribution in [0.1, 0.15) is 42.0 Å². The number of nitrogens with one attached hydrogen (secondary N) is 1. The molecule has 2 aliphatic heterocycles. The fourth-order valence-corrected chi connectivity index (χ4v) is 4.75. The first-order valence-electron chi connectivity index (χ1n) is 10.4. The lowest BCUT2D eigenvalue weighted by Gasteiger charge is -2.30. The average Bonchev–Trinajstić information content (AvgIpc) is 3.52. The van der Waals surface area contributed by atoms with Gasteiger partial charge in [-0.3, -0.25) is 9.97 Å². The van der Waals surface area contributed by atoms with Crippen molar-refractivity contribution in [3.8, 4) is 0 Å². The second-order valence-corrected chi connectivity index (χ2v) is 8.18. The summed E-state index contributed by atoms with van der Waals surface area (Å²) in [6.07, 6.45) is 8.20. The zero-order valence-electron chi connectivity index (χ0n) is 16.7. The smallest absolute Gasteiger partial charge is 0.170 e. The maximum atomic E-state index is 5.93. The Morgan fingerprint density at radius 3 is 2.67 bits per heavy atom. The molecule has 154 valence electrons. The topological polar surface area (TPSA) is 55.2 Å². The van der Waals surface area contributed by atoms with Crippen molar-refractivity contribution < 1.29 is 4.74 Å². The Kier molecular flexibility index (Phi) is 5.46. The fraction of sp³-hybridized carbons (Fsp3) is 0.348. The fourth-order valence-electron chi connectivity index (χ4n) is 4.44. The van der Waals surface area contributed by atoms with Crippen molar-refractivity contribution in [3.63, 3.8) is 0 Å². The van der Waals surface area contributed by atoms with E-state index in [1.807, 2.05) is 36.7 Å². The summed E-state index contributed by atoms with van der Waals surface area (Å²) in [6.45, 7) is 2.34. The molecule has 1 N–H and O–H groups in total. The predicted molar refractivity (Wildman–Crippen MR) is 119 cm³/mol. The van der Waals surface area contributed by atoms with Crippen LogP contribution >= 0.6 is 12.2 Å². The number of hydrogen-bond donors (Lipinski definition) is 1. The molecular formula is C23H25N5OS. The molecule has 0 spiro atoms. The van der Waals surface area contributed by atoms with Gasteiger partial charge in [-0.1, -0.05) is 12.1 Å². The van der Waals surface area contributed by atoms with Crippen LogP contribution in [0.15, 0.2) is 67.1 Å². The summed E-state index contributed by atoms with van der Waals surface area (Å²) in [6, 6.07) is 16.4. The van der Waals surface area contributed by atoms with Gasteiger partial charge in [0.1, 0.15) is 0 Å². The summed E-state index contributed by atoms with van der Waals surface area (Å²) in [4.78, 5) is 11.4. The SMILES string of the molecule is S=C1N[C@@H](c2ccccn2)[C@@H](c2cccn2Cc2ccccn2)N1C[C@@H]1CCCO1. The van der Waals surface area contributed by atoms with E-state index in [4.69, 9.17) is 17.0 Å². The number of pyridine rings is 2. The number of thiocarbonyl (C=S) groups is 1. The van der Waals surface area contributed by atoms with Crippen LogP contribution in [-0.2, 0) is 11.3 Å². The molecule has 0 bridgehead atoms. The number of hydrogen-bond acceptors (Lipinski definition) is 4. The largest absolute Gasteiger partial charge is 0.376 e. The van der Waals surface area contributed by atoms with E-state index in [1.165, 1.54) is 5.69 Å². The van der Waals surface area contributed by atoms with Gasteiger partial charge in [0.15, 0.2) is 5.11 Å². The molecule has 0 amide bonds. The van der Waals surface area contributed by atoms with Crippen LogP contribution in [0.3, 0.4) is 0 Å². The Bertz CT molecular complexity index is 987. The number of rotatable bonds is 6. The molecule has 5 heterocycles. The van der Waals surface area contributed by atoms with Crippen molar-refractivity contribution in [2.45, 2.75) is 37.6 Å². The zero-order valence-corrected chi connectivity index (χ0v) is 17.5. The van der Waals surface area contributed by atoms with Gasteiger partial charge in [-0.05, 0) is 61.5 Å². The molecule has 0 aromatic carbocycles. The number of ether oxygens (including phenoxy) is 1. The summed E-state index contributed by atoms with van der Waals surface area (Å²) >= 11 is 5.79. The highest BCUT2D eigenvalue weighted by Gasteiger charge is 2.42. The first kappa shape index (κ1) is 19.2. The van der Waals surface area contributed by atoms with Crippen molar-refractivity contribution in [2.24, 2.45) is 0 Å². The van der Waals surface area contributed by atoms with E-state index in [-0.39, 0.29) is 18.2 Å². The second kappa shape index (κ2) is 8.53. The standard InChI is InChI=1S/C23H25N5OS/c30-23-26-21(19-9-2-4-12-25-19)22(28(23)16-18-8-6-14-29-18)20-10-5-13-27(20)15-17-7-1-3-11-24-17/h1-5,7,9-13,18,21-22H,6,8,14-16H2,(H,26,30)/t18-,21-,22+/m0/s1. The second-order valence-electron chi connectivity index (χ2n) is 7.80. The Hall–Kier alpha value is -2.77. The van der Waals surface area contributed by atoms with E-state index in [0.717, 1.165) is 49.0 Å². The Balaban J connectivity index is 1.51. The highest BCUT2D eigenvalue weighted by Crippen LogP contribution is 2.39. The number of nitrogens with zero attached hydrogens (tertiary/aromatic N) is 4. The van der Waals surface area contributed by atoms with Crippen LogP contribution in [0.4, 0.5) is 0 Å². The molecule has 2 fully saturated rings. The lowest BCUT2D eigenvalue weighted by Crippen LogP contribution is -2.36. The van der Waals surface area contributed by atoms with Crippen LogP contribution in [0, 0.1) is 0 Å². The minimum absolute atomic E-state index is 0.0162.